The van der Waals surface area contributed by atoms with Gasteiger partial charge >= 0.3 is 12.1 Å². The number of aromatic nitrogens is 2. The van der Waals surface area contributed by atoms with Crippen molar-refractivity contribution in [3.8, 4) is 0 Å². The van der Waals surface area contributed by atoms with Gasteiger partial charge in [0.05, 0.1) is 27.6 Å². The molecule has 0 unspecified atom stereocenters. The lowest BCUT2D eigenvalue weighted by atomic mass is 10.1. The van der Waals surface area contributed by atoms with Crippen LogP contribution in [0, 0.1) is 10.1 Å². The van der Waals surface area contributed by atoms with Crippen LogP contribution < -0.4 is 10.9 Å². The minimum absolute atomic E-state index is 0.182. The van der Waals surface area contributed by atoms with Gasteiger partial charge in [0.15, 0.2) is 11.8 Å². The number of nitrogens with one attached hydrogen (secondary N) is 1. The Bertz CT molecular complexity index is 1380. The van der Waals surface area contributed by atoms with E-state index in [2.05, 4.69) is 5.10 Å². The third-order valence-corrected chi connectivity index (χ3v) is 4.94. The van der Waals surface area contributed by atoms with Gasteiger partial charge in [-0.2, -0.15) is 18.3 Å². The molecule has 1 N–H and O–H groups in total. The molecule has 0 spiro atoms. The molecule has 184 valence electrons. The van der Waals surface area contributed by atoms with Crippen molar-refractivity contribution in [1.29, 1.82) is 0 Å². The van der Waals surface area contributed by atoms with Gasteiger partial charge in [0.2, 0.25) is 0 Å². The van der Waals surface area contributed by atoms with E-state index >= 15 is 0 Å². The normalized spacial score (nSPS) is 12.4. The number of carbonyl (C=O) groups is 2. The lowest BCUT2D eigenvalue weighted by molar-refractivity contribution is -0.385. The van der Waals surface area contributed by atoms with Crippen molar-refractivity contribution in [3.63, 3.8) is 0 Å². The fourth-order valence-electron chi connectivity index (χ4n) is 3.20. The molecule has 1 aromatic heterocycles. The number of anilines is 1. The maximum Gasteiger partial charge on any atom is 0.418 e. The van der Waals surface area contributed by atoms with Gasteiger partial charge in [-0.1, -0.05) is 18.2 Å². The zero-order valence-electron chi connectivity index (χ0n) is 18.6. The third-order valence-electron chi connectivity index (χ3n) is 4.94. The van der Waals surface area contributed by atoms with E-state index in [1.54, 1.807) is 26.0 Å². The standard InChI is InChI=1S/C22H19F3N4O6/c1-11(2)28-20(31)15-7-5-4-6-14(15)18(27-28)21(32)35-12(3)19(30)26-17-9-8-13(29(33)34)10-16(17)22(23,24)25/h4-12H,1-3H3,(H,26,30)/t12-/m1/s1. The lowest BCUT2D eigenvalue weighted by Gasteiger charge is -2.17. The second kappa shape index (κ2) is 9.52. The summed E-state index contributed by atoms with van der Waals surface area (Å²) in [6, 6.07) is 7.57. The number of non-ortho nitro benzene ring substituents is 1. The molecular formula is C22H19F3N4O6. The lowest BCUT2D eigenvalue weighted by Crippen LogP contribution is -2.32. The number of hydrogen-bond acceptors (Lipinski definition) is 7. The average Bonchev–Trinajstić information content (AvgIpc) is 2.78. The molecule has 0 saturated heterocycles. The number of halogens is 3. The van der Waals surface area contributed by atoms with Crippen LogP contribution in [0.3, 0.4) is 0 Å². The van der Waals surface area contributed by atoms with E-state index in [-0.39, 0.29) is 22.5 Å². The van der Waals surface area contributed by atoms with E-state index in [9.17, 15) is 37.7 Å². The van der Waals surface area contributed by atoms with E-state index in [0.29, 0.717) is 0 Å². The largest absolute Gasteiger partial charge is 0.448 e. The number of benzene rings is 2. The molecule has 0 fully saturated rings. The first-order chi connectivity index (χ1) is 16.3. The van der Waals surface area contributed by atoms with E-state index in [1.165, 1.54) is 12.1 Å². The van der Waals surface area contributed by atoms with Gasteiger partial charge < -0.3 is 10.1 Å². The van der Waals surface area contributed by atoms with Crippen molar-refractivity contribution in [2.75, 3.05) is 5.32 Å². The number of hydrogen-bond donors (Lipinski definition) is 1. The maximum atomic E-state index is 13.4. The van der Waals surface area contributed by atoms with Crippen LogP contribution in [0.15, 0.2) is 47.3 Å². The van der Waals surface area contributed by atoms with Crippen LogP contribution in [0.1, 0.15) is 42.9 Å². The monoisotopic (exact) mass is 492 g/mol. The summed E-state index contributed by atoms with van der Waals surface area (Å²) in [6.07, 6.45) is -6.57. The number of ether oxygens (including phenoxy) is 1. The highest BCUT2D eigenvalue weighted by molar-refractivity contribution is 6.03. The van der Waals surface area contributed by atoms with Crippen LogP contribution in [0.25, 0.3) is 10.8 Å². The number of nitro benzene ring substituents is 1. The first kappa shape index (κ1) is 25.3. The summed E-state index contributed by atoms with van der Waals surface area (Å²) in [7, 11) is 0. The topological polar surface area (TPSA) is 133 Å². The Kier molecular flexibility index (Phi) is 6.89. The average molecular weight is 492 g/mol. The predicted octanol–water partition coefficient (Wildman–Crippen LogP) is 4.09. The molecule has 0 aliphatic carbocycles. The van der Waals surface area contributed by atoms with Crippen molar-refractivity contribution < 1.29 is 32.4 Å². The molecule has 3 rings (SSSR count). The molecule has 10 nitrogen and oxygen atoms in total. The summed E-state index contributed by atoms with van der Waals surface area (Å²) in [6.45, 7) is 4.49. The van der Waals surface area contributed by atoms with Gasteiger partial charge in [-0.25, -0.2) is 9.48 Å². The number of esters is 1. The van der Waals surface area contributed by atoms with E-state index < -0.39 is 57.6 Å². The number of amides is 1. The number of alkyl halides is 3. The van der Waals surface area contributed by atoms with Gasteiger partial charge in [-0.05, 0) is 32.9 Å². The molecule has 0 bridgehead atoms. The van der Waals surface area contributed by atoms with Crippen molar-refractivity contribution in [2.45, 2.75) is 39.1 Å². The molecular weight excluding hydrogens is 473 g/mol. The zero-order valence-corrected chi connectivity index (χ0v) is 18.6. The molecule has 0 saturated carbocycles. The van der Waals surface area contributed by atoms with Crippen molar-refractivity contribution >= 4 is 34.0 Å². The predicted molar refractivity (Wildman–Crippen MR) is 118 cm³/mol. The van der Waals surface area contributed by atoms with Gasteiger partial charge in [0.25, 0.3) is 17.2 Å². The third kappa shape index (κ3) is 5.28. The number of nitrogens with zero attached hydrogens (tertiary/aromatic N) is 3. The SMILES string of the molecule is CC(C)n1nc(C(=O)O[C@H](C)C(=O)Nc2ccc([N+](=O)[O-])cc2C(F)(F)F)c2ccccc2c1=O. The number of rotatable bonds is 6. The quantitative estimate of drug-likeness (QED) is 0.311. The summed E-state index contributed by atoms with van der Waals surface area (Å²) in [5, 5.41) is 17.2. The van der Waals surface area contributed by atoms with Crippen LogP contribution in [-0.4, -0.2) is 32.7 Å². The number of nitro groups is 1. The van der Waals surface area contributed by atoms with Crippen LogP contribution >= 0.6 is 0 Å². The van der Waals surface area contributed by atoms with Crippen molar-refractivity contribution in [1.82, 2.24) is 9.78 Å². The van der Waals surface area contributed by atoms with Crippen LogP contribution in [0.2, 0.25) is 0 Å². The van der Waals surface area contributed by atoms with Gasteiger partial charge in [-0.15, -0.1) is 0 Å². The second-order valence-electron chi connectivity index (χ2n) is 7.76. The van der Waals surface area contributed by atoms with Gasteiger partial charge in [-0.3, -0.25) is 19.7 Å². The second-order valence-corrected chi connectivity index (χ2v) is 7.76. The summed E-state index contributed by atoms with van der Waals surface area (Å²) < 4.78 is 46.3. The maximum absolute atomic E-state index is 13.4. The Morgan fingerprint density at radius 2 is 1.74 bits per heavy atom. The van der Waals surface area contributed by atoms with Crippen LogP contribution in [0.4, 0.5) is 24.5 Å². The fourth-order valence-corrected chi connectivity index (χ4v) is 3.20. The Hall–Kier alpha value is -4.29. The number of fused-ring (bicyclic) bond motifs is 1. The zero-order chi connectivity index (χ0) is 26.1. The summed E-state index contributed by atoms with van der Waals surface area (Å²) in [5.41, 5.74) is -3.67. The molecule has 0 aliphatic rings. The Balaban J connectivity index is 1.89. The molecule has 13 heteroatoms. The molecule has 0 radical (unpaired) electrons. The fraction of sp³-hybridized carbons (Fsp3) is 0.273. The van der Waals surface area contributed by atoms with E-state index in [0.717, 1.165) is 23.7 Å². The summed E-state index contributed by atoms with van der Waals surface area (Å²) in [4.78, 5) is 47.8. The Labute approximate surface area is 195 Å². The summed E-state index contributed by atoms with van der Waals surface area (Å²) >= 11 is 0. The first-order valence-electron chi connectivity index (χ1n) is 10.2. The van der Waals surface area contributed by atoms with Gasteiger partial charge in [0.1, 0.15) is 0 Å². The Morgan fingerprint density at radius 3 is 2.31 bits per heavy atom. The molecule has 1 atom stereocenters. The molecule has 3 aromatic rings. The van der Waals surface area contributed by atoms with Crippen molar-refractivity contribution in [3.05, 3.63) is 74.2 Å². The first-order valence-corrected chi connectivity index (χ1v) is 10.2. The van der Waals surface area contributed by atoms with Crippen molar-refractivity contribution in [2.24, 2.45) is 0 Å². The Morgan fingerprint density at radius 1 is 1.11 bits per heavy atom. The van der Waals surface area contributed by atoms with Crippen LogP contribution in [0.5, 0.6) is 0 Å². The number of carbonyl (C=O) groups excluding carboxylic acids is 2. The molecule has 35 heavy (non-hydrogen) atoms. The highest BCUT2D eigenvalue weighted by Crippen LogP contribution is 2.37. The summed E-state index contributed by atoms with van der Waals surface area (Å²) in [5.74, 6) is -2.18. The molecule has 1 heterocycles. The smallest absolute Gasteiger partial charge is 0.418 e. The van der Waals surface area contributed by atoms with E-state index in [4.69, 9.17) is 4.74 Å². The van der Waals surface area contributed by atoms with E-state index in [1.807, 2.05) is 5.32 Å². The molecule has 0 aliphatic heterocycles. The molecule has 1 amide bonds. The highest BCUT2D eigenvalue weighted by Gasteiger charge is 2.36. The van der Waals surface area contributed by atoms with Crippen LogP contribution in [-0.2, 0) is 15.7 Å². The minimum Gasteiger partial charge on any atom is -0.448 e. The van der Waals surface area contributed by atoms with Gasteiger partial charge in [0, 0.05) is 17.5 Å². The minimum atomic E-state index is -5.00. The highest BCUT2D eigenvalue weighted by atomic mass is 19.4. The molecule has 2 aromatic carbocycles.